The molecule has 8 heteroatoms. The first-order valence-corrected chi connectivity index (χ1v) is 10.6. The zero-order chi connectivity index (χ0) is 14.9. The molecule has 114 valence electrons. The number of halogens is 1. The van der Waals surface area contributed by atoms with Crippen molar-refractivity contribution in [3.05, 3.63) is 21.3 Å². The first-order chi connectivity index (χ1) is 9.30. The third-order valence-corrected chi connectivity index (χ3v) is 7.32. The second kappa shape index (κ2) is 6.54. The summed E-state index contributed by atoms with van der Waals surface area (Å²) in [6, 6.07) is 3.53. The van der Waals surface area contributed by atoms with Crippen LogP contribution in [0.5, 0.6) is 0 Å². The van der Waals surface area contributed by atoms with Gasteiger partial charge in [-0.25, -0.2) is 8.42 Å². The topological polar surface area (TPSA) is 63.4 Å². The minimum Gasteiger partial charge on any atom is -0.326 e. The molecular weight excluding hydrogens is 336 g/mol. The highest BCUT2D eigenvalue weighted by Gasteiger charge is 2.38. The lowest BCUT2D eigenvalue weighted by molar-refractivity contribution is 0.175. The van der Waals surface area contributed by atoms with Crippen LogP contribution in [0, 0.1) is 0 Å². The summed E-state index contributed by atoms with van der Waals surface area (Å²) in [5, 5.41) is -0.474. The molecule has 0 aliphatic carbocycles. The number of sulfone groups is 1. The molecule has 1 saturated heterocycles. The van der Waals surface area contributed by atoms with Crippen LogP contribution in [0.15, 0.2) is 12.1 Å². The standard InChI is InChI=1S/C12H19ClN2O2S3/c1-8(14)12(9-3-4-10(13)19-9)15-5-6-18-7-11(15)20(2,16)17/h3-4,8,11-12H,5-7,14H2,1-2H3. The number of nitrogens with zero attached hydrogens (tertiary/aromatic N) is 1. The number of rotatable bonds is 4. The minimum absolute atomic E-state index is 0.104. The lowest BCUT2D eigenvalue weighted by Crippen LogP contribution is -2.52. The van der Waals surface area contributed by atoms with E-state index in [0.29, 0.717) is 10.1 Å². The normalized spacial score (nSPS) is 24.5. The lowest BCUT2D eigenvalue weighted by atomic mass is 10.1. The van der Waals surface area contributed by atoms with Crippen molar-refractivity contribution in [1.29, 1.82) is 0 Å². The Morgan fingerprint density at radius 2 is 2.20 bits per heavy atom. The molecule has 0 spiro atoms. The smallest absolute Gasteiger partial charge is 0.164 e. The zero-order valence-electron chi connectivity index (χ0n) is 11.5. The molecule has 2 heterocycles. The van der Waals surface area contributed by atoms with Crippen molar-refractivity contribution >= 4 is 44.5 Å². The van der Waals surface area contributed by atoms with Gasteiger partial charge in [0.05, 0.1) is 10.4 Å². The fraction of sp³-hybridized carbons (Fsp3) is 0.667. The molecule has 1 aromatic heterocycles. The SMILES string of the molecule is CC(N)C(c1ccc(Cl)s1)N1CCSCC1S(C)(=O)=O. The van der Waals surface area contributed by atoms with Gasteiger partial charge in [0.2, 0.25) is 0 Å². The molecular formula is C12H19ClN2O2S3. The van der Waals surface area contributed by atoms with Gasteiger partial charge in [-0.05, 0) is 19.1 Å². The van der Waals surface area contributed by atoms with Crippen LogP contribution in [-0.4, -0.2) is 49.0 Å². The van der Waals surface area contributed by atoms with E-state index in [9.17, 15) is 8.42 Å². The third kappa shape index (κ3) is 3.69. The monoisotopic (exact) mass is 354 g/mol. The van der Waals surface area contributed by atoms with Crippen molar-refractivity contribution in [2.75, 3.05) is 24.3 Å². The fourth-order valence-corrected chi connectivity index (χ4v) is 6.70. The summed E-state index contributed by atoms with van der Waals surface area (Å²) < 4.78 is 24.8. The molecule has 0 saturated carbocycles. The van der Waals surface area contributed by atoms with E-state index in [1.165, 1.54) is 17.6 Å². The van der Waals surface area contributed by atoms with E-state index in [2.05, 4.69) is 0 Å². The summed E-state index contributed by atoms with van der Waals surface area (Å²) in [5.41, 5.74) is 6.13. The van der Waals surface area contributed by atoms with Gasteiger partial charge in [-0.1, -0.05) is 11.6 Å². The Kier molecular flexibility index (Phi) is 5.42. The van der Waals surface area contributed by atoms with Gasteiger partial charge in [0, 0.05) is 35.2 Å². The quantitative estimate of drug-likeness (QED) is 0.898. The molecule has 3 unspecified atom stereocenters. The molecule has 2 rings (SSSR count). The summed E-state index contributed by atoms with van der Waals surface area (Å²) >= 11 is 9.16. The molecule has 1 aliphatic heterocycles. The van der Waals surface area contributed by atoms with Crippen molar-refractivity contribution < 1.29 is 8.42 Å². The molecule has 2 N–H and O–H groups in total. The van der Waals surface area contributed by atoms with E-state index in [0.717, 1.165) is 17.2 Å². The van der Waals surface area contributed by atoms with E-state index in [1.54, 1.807) is 11.8 Å². The Bertz CT molecular complexity index is 559. The third-order valence-electron chi connectivity index (χ3n) is 3.36. The molecule has 4 nitrogen and oxygen atoms in total. The van der Waals surface area contributed by atoms with Crippen LogP contribution >= 0.6 is 34.7 Å². The number of thioether (sulfide) groups is 1. The maximum atomic E-state index is 12.0. The molecule has 1 aliphatic rings. The number of hydrogen-bond donors (Lipinski definition) is 1. The number of nitrogens with two attached hydrogens (primary N) is 1. The predicted molar refractivity (Wildman–Crippen MR) is 88.4 cm³/mol. The zero-order valence-corrected chi connectivity index (χ0v) is 14.7. The van der Waals surface area contributed by atoms with Gasteiger partial charge in [-0.15, -0.1) is 11.3 Å². The Hall–Kier alpha value is 0.210. The Balaban J connectivity index is 2.36. The van der Waals surface area contributed by atoms with Crippen LogP contribution < -0.4 is 5.73 Å². The Morgan fingerprint density at radius 3 is 2.70 bits per heavy atom. The summed E-state index contributed by atoms with van der Waals surface area (Å²) in [6.45, 7) is 2.64. The summed E-state index contributed by atoms with van der Waals surface area (Å²) in [6.07, 6.45) is 1.30. The van der Waals surface area contributed by atoms with Gasteiger partial charge in [0.1, 0.15) is 5.37 Å². The summed E-state index contributed by atoms with van der Waals surface area (Å²) in [4.78, 5) is 3.06. The van der Waals surface area contributed by atoms with E-state index in [1.807, 2.05) is 24.0 Å². The molecule has 1 aromatic rings. The van der Waals surface area contributed by atoms with E-state index >= 15 is 0 Å². The average molecular weight is 355 g/mol. The average Bonchev–Trinajstić information content (AvgIpc) is 2.75. The van der Waals surface area contributed by atoms with Gasteiger partial charge in [0.15, 0.2) is 9.84 Å². The first kappa shape index (κ1) is 16.6. The van der Waals surface area contributed by atoms with E-state index in [4.69, 9.17) is 17.3 Å². The molecule has 0 amide bonds. The maximum Gasteiger partial charge on any atom is 0.164 e. The van der Waals surface area contributed by atoms with Crippen LogP contribution in [0.1, 0.15) is 17.8 Å². The van der Waals surface area contributed by atoms with Gasteiger partial charge in [-0.2, -0.15) is 11.8 Å². The van der Waals surface area contributed by atoms with Crippen molar-refractivity contribution in [3.8, 4) is 0 Å². The van der Waals surface area contributed by atoms with Gasteiger partial charge in [0.25, 0.3) is 0 Å². The van der Waals surface area contributed by atoms with E-state index in [-0.39, 0.29) is 12.1 Å². The number of thiophene rings is 1. The summed E-state index contributed by atoms with van der Waals surface area (Å²) in [7, 11) is -3.13. The maximum absolute atomic E-state index is 12.0. The molecule has 0 aromatic carbocycles. The van der Waals surface area contributed by atoms with Crippen LogP contribution in [0.3, 0.4) is 0 Å². The van der Waals surface area contributed by atoms with Crippen molar-refractivity contribution in [2.24, 2.45) is 5.73 Å². The molecule has 3 atom stereocenters. The highest BCUT2D eigenvalue weighted by molar-refractivity contribution is 8.00. The van der Waals surface area contributed by atoms with Crippen molar-refractivity contribution in [1.82, 2.24) is 4.90 Å². The molecule has 0 bridgehead atoms. The fourth-order valence-electron chi connectivity index (χ4n) is 2.49. The largest absolute Gasteiger partial charge is 0.326 e. The first-order valence-electron chi connectivity index (χ1n) is 6.34. The minimum atomic E-state index is -3.13. The Morgan fingerprint density at radius 1 is 1.50 bits per heavy atom. The number of hydrogen-bond acceptors (Lipinski definition) is 6. The predicted octanol–water partition coefficient (Wildman–Crippen LogP) is 2.21. The van der Waals surface area contributed by atoms with Crippen molar-refractivity contribution in [3.63, 3.8) is 0 Å². The van der Waals surface area contributed by atoms with Crippen LogP contribution in [0.4, 0.5) is 0 Å². The van der Waals surface area contributed by atoms with Crippen molar-refractivity contribution in [2.45, 2.75) is 24.4 Å². The van der Waals surface area contributed by atoms with Crippen LogP contribution in [0.2, 0.25) is 4.34 Å². The molecule has 0 radical (unpaired) electrons. The van der Waals surface area contributed by atoms with Gasteiger partial charge >= 0.3 is 0 Å². The highest BCUT2D eigenvalue weighted by atomic mass is 35.5. The molecule has 1 fully saturated rings. The second-order valence-electron chi connectivity index (χ2n) is 5.04. The van der Waals surface area contributed by atoms with Crippen LogP contribution in [-0.2, 0) is 9.84 Å². The van der Waals surface area contributed by atoms with Crippen LogP contribution in [0.25, 0.3) is 0 Å². The second-order valence-corrected chi connectivity index (χ2v) is 10.1. The lowest BCUT2D eigenvalue weighted by Gasteiger charge is -2.41. The Labute approximate surface area is 133 Å². The van der Waals surface area contributed by atoms with Gasteiger partial charge < -0.3 is 5.73 Å². The molecule has 20 heavy (non-hydrogen) atoms. The van der Waals surface area contributed by atoms with E-state index < -0.39 is 15.2 Å². The van der Waals surface area contributed by atoms with Gasteiger partial charge in [-0.3, -0.25) is 4.90 Å². The highest BCUT2D eigenvalue weighted by Crippen LogP contribution is 2.36. The summed E-state index contributed by atoms with van der Waals surface area (Å²) in [5.74, 6) is 1.52.